The summed E-state index contributed by atoms with van der Waals surface area (Å²) in [6.45, 7) is 0. The molecule has 61 heavy (non-hydrogen) atoms. The summed E-state index contributed by atoms with van der Waals surface area (Å²) in [7, 11) is -10.0. The smallest absolute Gasteiger partial charge is 0.181 e. The summed E-state index contributed by atoms with van der Waals surface area (Å²) in [4.78, 5) is 2.27. The van der Waals surface area contributed by atoms with Gasteiger partial charge in [0.05, 0.1) is 11.4 Å². The Morgan fingerprint density at radius 3 is 1.43 bits per heavy atom. The van der Waals surface area contributed by atoms with Gasteiger partial charge in [-0.3, -0.25) is 0 Å². The fourth-order valence-corrected chi connectivity index (χ4v) is 21.9. The highest BCUT2D eigenvalue weighted by Gasteiger charge is 2.53. The zero-order valence-corrected chi connectivity index (χ0v) is 35.9. The van der Waals surface area contributed by atoms with E-state index in [0.717, 1.165) is 60.2 Å². The van der Waals surface area contributed by atoms with Crippen LogP contribution in [0.25, 0.3) is 0 Å². The van der Waals surface area contributed by atoms with Gasteiger partial charge in [-0.1, -0.05) is 194 Å². The van der Waals surface area contributed by atoms with Crippen molar-refractivity contribution in [3.63, 3.8) is 0 Å². The first kappa shape index (κ1) is 37.3. The second-order valence-corrected chi connectivity index (χ2v) is 24.7. The van der Waals surface area contributed by atoms with Gasteiger partial charge in [0, 0.05) is 37.5 Å². The van der Waals surface area contributed by atoms with Gasteiger partial charge in [-0.25, -0.2) is 0 Å². The van der Waals surface area contributed by atoms with E-state index in [1.54, 1.807) is 0 Å². The zero-order chi connectivity index (χ0) is 41.0. The Bertz CT molecular complexity index is 3050. The van der Waals surface area contributed by atoms with Crippen molar-refractivity contribution in [1.82, 2.24) is 0 Å². The molecule has 0 aromatic heterocycles. The molecule has 0 fully saturated rings. The largest absolute Gasteiger partial charge is 0.453 e. The van der Waals surface area contributed by atoms with Crippen molar-refractivity contribution in [2.45, 2.75) is 0 Å². The van der Waals surface area contributed by atoms with E-state index < -0.39 is 22.4 Å². The summed E-state index contributed by atoms with van der Waals surface area (Å²) < 4.78 is 38.9. The first-order chi connectivity index (χ1) is 30.0. The van der Waals surface area contributed by atoms with E-state index in [4.69, 9.17) is 4.74 Å². The molecule has 9 aromatic rings. The minimum Gasteiger partial charge on any atom is -0.453 e. The van der Waals surface area contributed by atoms with Gasteiger partial charge in [-0.05, 0) is 63.2 Å². The van der Waals surface area contributed by atoms with Crippen LogP contribution in [0.3, 0.4) is 0 Å². The second kappa shape index (κ2) is 14.8. The van der Waals surface area contributed by atoms with Gasteiger partial charge < -0.3 is 18.8 Å². The number of para-hydroxylation sites is 4. The van der Waals surface area contributed by atoms with Gasteiger partial charge >= 0.3 is 0 Å². The lowest BCUT2D eigenvalue weighted by atomic mass is 10.1. The maximum absolute atomic E-state index is 16.9. The first-order valence-corrected chi connectivity index (χ1v) is 25.9. The minimum absolute atomic E-state index is 0.697. The molecule has 1 atom stereocenters. The Hall–Kier alpha value is -6.74. The molecule has 0 N–H and O–H groups in total. The van der Waals surface area contributed by atoms with Crippen molar-refractivity contribution in [1.29, 1.82) is 0 Å². The molecule has 292 valence electrons. The number of hydrogen-bond acceptors (Lipinski definition) is 4. The summed E-state index contributed by atoms with van der Waals surface area (Å²) in [5.74, 6) is 1.54. The van der Waals surface area contributed by atoms with Crippen LogP contribution in [0.15, 0.2) is 237 Å². The summed E-state index contributed by atoms with van der Waals surface area (Å²) in [6, 6.07) is 80.1. The van der Waals surface area contributed by atoms with E-state index in [2.05, 4.69) is 114 Å². The highest BCUT2D eigenvalue weighted by atomic mass is 31.2. The van der Waals surface area contributed by atoms with Gasteiger partial charge in [0.1, 0.15) is 0 Å². The fourth-order valence-electron chi connectivity index (χ4n) is 9.60. The lowest BCUT2D eigenvalue weighted by Gasteiger charge is -2.44. The van der Waals surface area contributed by atoms with E-state index in [1.165, 1.54) is 10.4 Å². The summed E-state index contributed by atoms with van der Waals surface area (Å²) in [6.07, 6.45) is 0. The molecule has 0 amide bonds. The number of benzene rings is 9. The van der Waals surface area contributed by atoms with Crippen LogP contribution in [0, 0.1) is 0 Å². The van der Waals surface area contributed by atoms with Crippen LogP contribution in [0.4, 0.5) is 17.1 Å². The van der Waals surface area contributed by atoms with Crippen molar-refractivity contribution in [3.8, 4) is 11.5 Å². The quantitative estimate of drug-likeness (QED) is 0.120. The number of fused-ring (bicyclic) bond motifs is 4. The maximum atomic E-state index is 16.9. The fraction of sp³-hybridized carbons (Fsp3) is 0. The highest BCUT2D eigenvalue weighted by molar-refractivity contribution is 7.87. The van der Waals surface area contributed by atoms with E-state index >= 15 is 9.13 Å². The molecular weight excluding hydrogens is 801 g/mol. The number of rotatable bonds is 7. The van der Waals surface area contributed by atoms with Crippen LogP contribution in [0.2, 0.25) is 0 Å². The highest BCUT2D eigenvalue weighted by Crippen LogP contribution is 2.51. The Balaban J connectivity index is 1.19. The van der Waals surface area contributed by atoms with E-state index in [-0.39, 0.29) is 0 Å². The lowest BCUT2D eigenvalue weighted by molar-refractivity contribution is 0.477. The monoisotopic (exact) mass is 839 g/mol. The molecule has 0 bridgehead atoms. The molecule has 0 saturated carbocycles. The average Bonchev–Trinajstić information content (AvgIpc) is 3.34. The third-order valence-electron chi connectivity index (χ3n) is 12.3. The maximum Gasteiger partial charge on any atom is 0.181 e. The van der Waals surface area contributed by atoms with Crippen molar-refractivity contribution in [3.05, 3.63) is 237 Å². The van der Waals surface area contributed by atoms with Gasteiger partial charge in [-0.2, -0.15) is 0 Å². The van der Waals surface area contributed by atoms with Crippen LogP contribution >= 0.6 is 14.3 Å². The molecule has 2 aliphatic heterocycles. The number of nitrogens with zero attached hydrogens (tertiary/aromatic N) is 1. The Kier molecular flexibility index (Phi) is 9.02. The predicted molar refractivity (Wildman–Crippen MR) is 257 cm³/mol. The second-order valence-electron chi connectivity index (χ2n) is 15.5. The molecule has 0 saturated heterocycles. The van der Waals surface area contributed by atoms with Crippen LogP contribution in [-0.4, -0.2) is 8.07 Å². The normalized spacial score (nSPS) is 16.0. The molecule has 2 heterocycles. The van der Waals surface area contributed by atoms with Crippen molar-refractivity contribution in [2.24, 2.45) is 0 Å². The molecular formula is C54H39NO3P2Si. The summed E-state index contributed by atoms with van der Waals surface area (Å²) in [5, 5.41) is 9.19. The predicted octanol–water partition coefficient (Wildman–Crippen LogP) is 8.23. The van der Waals surface area contributed by atoms with Gasteiger partial charge in [-0.15, -0.1) is 0 Å². The number of hydrogen-bond donors (Lipinski definition) is 0. The SMILES string of the molecule is O=P(c1ccccc1)(c1ccccc1)c1ccc(P2(=O)c3ccccc3[Si](c3ccccc3)(c3ccccc3)c3cc(N4c5ccccc5Oc5ccccc54)ccc32)cc1. The van der Waals surface area contributed by atoms with E-state index in [1.807, 2.05) is 127 Å². The molecule has 0 radical (unpaired) electrons. The average molecular weight is 840 g/mol. The van der Waals surface area contributed by atoms with Crippen molar-refractivity contribution >= 4 is 92.0 Å². The molecule has 0 spiro atoms. The topological polar surface area (TPSA) is 46.6 Å². The molecule has 7 heteroatoms. The van der Waals surface area contributed by atoms with Crippen LogP contribution in [0.5, 0.6) is 11.5 Å². The van der Waals surface area contributed by atoms with Gasteiger partial charge in [0.25, 0.3) is 0 Å². The third-order valence-corrected chi connectivity index (χ3v) is 23.8. The number of ether oxygens (including phenoxy) is 1. The molecule has 4 nitrogen and oxygen atoms in total. The summed E-state index contributed by atoms with van der Waals surface area (Å²) >= 11 is 0. The molecule has 1 unspecified atom stereocenters. The molecule has 9 aromatic carbocycles. The standard InChI is InChI=1S/C54H39NO3P2Si/c56-59(41-19-5-1-6-20-41,42-21-7-2-8-22-42)43-34-36-44(37-35-43)60(57)51-31-17-18-32-53(51)61(45-23-9-3-10-24-45,46-25-11-4-12-26-46)54-39-40(33-38-52(54)60)55-47-27-13-15-29-49(47)58-50-30-16-14-28-48(50)55/h1-39H. The van der Waals surface area contributed by atoms with Crippen LogP contribution in [0.1, 0.15) is 0 Å². The Labute approximate surface area is 357 Å². The first-order valence-electron chi connectivity index (χ1n) is 20.5. The molecule has 0 aliphatic carbocycles. The lowest BCUT2D eigenvalue weighted by Crippen LogP contribution is -2.82. The van der Waals surface area contributed by atoms with Crippen molar-refractivity contribution < 1.29 is 13.9 Å². The Morgan fingerprint density at radius 2 is 0.869 bits per heavy atom. The van der Waals surface area contributed by atoms with E-state index in [9.17, 15) is 0 Å². The molecule has 11 rings (SSSR count). The van der Waals surface area contributed by atoms with Crippen LogP contribution in [-0.2, 0) is 9.13 Å². The molecule has 2 aliphatic rings. The summed E-state index contributed by atoms with van der Waals surface area (Å²) in [5.41, 5.74) is 2.83. The minimum atomic E-state index is -3.57. The van der Waals surface area contributed by atoms with Crippen LogP contribution < -0.4 is 62.2 Å². The number of anilines is 3. The van der Waals surface area contributed by atoms with Crippen molar-refractivity contribution in [2.75, 3.05) is 4.90 Å². The Morgan fingerprint density at radius 1 is 0.426 bits per heavy atom. The van der Waals surface area contributed by atoms with E-state index in [0.29, 0.717) is 10.6 Å². The third kappa shape index (κ3) is 5.66. The van der Waals surface area contributed by atoms with Gasteiger partial charge in [0.15, 0.2) is 33.9 Å². The zero-order valence-electron chi connectivity index (χ0n) is 33.1. The van der Waals surface area contributed by atoms with Gasteiger partial charge in [0.2, 0.25) is 0 Å².